The molecule has 0 fully saturated rings. The van der Waals surface area contributed by atoms with E-state index >= 15 is 0 Å². The Balaban J connectivity index is 1.78. The van der Waals surface area contributed by atoms with E-state index in [1.807, 2.05) is 54.6 Å². The van der Waals surface area contributed by atoms with E-state index in [4.69, 9.17) is 14.2 Å². The lowest BCUT2D eigenvalue weighted by Crippen LogP contribution is -2.43. The fourth-order valence-corrected chi connectivity index (χ4v) is 2.84. The van der Waals surface area contributed by atoms with Crippen LogP contribution < -0.4 is 10.6 Å². The Kier molecular flexibility index (Phi) is 11.6. The van der Waals surface area contributed by atoms with Gasteiger partial charge in [-0.2, -0.15) is 0 Å². The van der Waals surface area contributed by atoms with Crippen LogP contribution in [0.2, 0.25) is 0 Å². The quantitative estimate of drug-likeness (QED) is 0.254. The van der Waals surface area contributed by atoms with Gasteiger partial charge in [-0.1, -0.05) is 54.0 Å². The summed E-state index contributed by atoms with van der Waals surface area (Å²) < 4.78 is 15.1. The summed E-state index contributed by atoms with van der Waals surface area (Å²) in [5.74, 6) is 11.3. The number of hydrogen-bond donors (Lipinski definition) is 2. The molecule has 0 heterocycles. The number of rotatable bonds is 7. The molecule has 2 rings (SSSR count). The van der Waals surface area contributed by atoms with Gasteiger partial charge in [-0.15, -0.1) is 0 Å². The van der Waals surface area contributed by atoms with Gasteiger partial charge in [-0.05, 0) is 50.6 Å². The average molecular weight is 505 g/mol. The molecule has 194 valence electrons. The zero-order valence-corrected chi connectivity index (χ0v) is 21.6. The van der Waals surface area contributed by atoms with Crippen LogP contribution in [0.3, 0.4) is 0 Å². The van der Waals surface area contributed by atoms with Gasteiger partial charge in [0.05, 0.1) is 7.11 Å². The molecular weight excluding hydrogens is 472 g/mol. The molecule has 1 unspecified atom stereocenters. The van der Waals surface area contributed by atoms with Crippen molar-refractivity contribution in [2.24, 2.45) is 0 Å². The van der Waals surface area contributed by atoms with Crippen LogP contribution in [0.1, 0.15) is 50.3 Å². The van der Waals surface area contributed by atoms with Crippen LogP contribution in [0.5, 0.6) is 0 Å². The van der Waals surface area contributed by atoms with Crippen molar-refractivity contribution in [2.75, 3.05) is 13.7 Å². The summed E-state index contributed by atoms with van der Waals surface area (Å²) in [7, 11) is 1.24. The molecule has 0 saturated heterocycles. The Morgan fingerprint density at radius 2 is 1.51 bits per heavy atom. The number of methoxy groups -OCH3 is 1. The molecule has 8 nitrogen and oxygen atoms in total. The van der Waals surface area contributed by atoms with Crippen molar-refractivity contribution in [3.8, 4) is 23.7 Å². The van der Waals surface area contributed by atoms with Gasteiger partial charge in [0.25, 0.3) is 0 Å². The van der Waals surface area contributed by atoms with Gasteiger partial charge in [0, 0.05) is 30.5 Å². The molecule has 0 aliphatic carbocycles. The molecular formula is C29H32N2O6. The Morgan fingerprint density at radius 1 is 0.892 bits per heavy atom. The van der Waals surface area contributed by atoms with Crippen LogP contribution in [-0.4, -0.2) is 43.5 Å². The van der Waals surface area contributed by atoms with Crippen molar-refractivity contribution >= 4 is 18.2 Å². The third-order valence-electron chi connectivity index (χ3n) is 4.57. The van der Waals surface area contributed by atoms with E-state index in [-0.39, 0.29) is 13.0 Å². The van der Waals surface area contributed by atoms with Gasteiger partial charge in [-0.3, -0.25) is 0 Å². The maximum absolute atomic E-state index is 12.0. The zero-order valence-electron chi connectivity index (χ0n) is 21.6. The Labute approximate surface area is 218 Å². The van der Waals surface area contributed by atoms with E-state index in [2.05, 4.69) is 34.3 Å². The highest BCUT2D eigenvalue weighted by atomic mass is 16.6. The molecule has 0 aromatic heterocycles. The van der Waals surface area contributed by atoms with Gasteiger partial charge in [-0.25, -0.2) is 14.4 Å². The monoisotopic (exact) mass is 504 g/mol. The van der Waals surface area contributed by atoms with Crippen molar-refractivity contribution in [1.29, 1.82) is 0 Å². The van der Waals surface area contributed by atoms with Crippen LogP contribution >= 0.6 is 0 Å². The molecule has 0 aliphatic heterocycles. The second-order valence-electron chi connectivity index (χ2n) is 8.85. The van der Waals surface area contributed by atoms with E-state index in [9.17, 15) is 14.4 Å². The number of benzene rings is 2. The molecule has 2 aromatic rings. The molecule has 8 heteroatoms. The van der Waals surface area contributed by atoms with E-state index < -0.39 is 29.8 Å². The maximum Gasteiger partial charge on any atom is 0.408 e. The fraction of sp³-hybridized carbons (Fsp3) is 0.345. The predicted molar refractivity (Wildman–Crippen MR) is 139 cm³/mol. The highest BCUT2D eigenvalue weighted by Crippen LogP contribution is 2.08. The first-order chi connectivity index (χ1) is 17.7. The molecule has 2 amide bonds. The van der Waals surface area contributed by atoms with Gasteiger partial charge < -0.3 is 24.8 Å². The number of esters is 1. The first-order valence-corrected chi connectivity index (χ1v) is 11.8. The van der Waals surface area contributed by atoms with Crippen molar-refractivity contribution in [2.45, 2.75) is 51.9 Å². The number of hydrogen-bond acceptors (Lipinski definition) is 6. The van der Waals surface area contributed by atoms with Crippen LogP contribution in [0.25, 0.3) is 0 Å². The molecule has 2 N–H and O–H groups in total. The maximum atomic E-state index is 12.0. The zero-order chi connectivity index (χ0) is 27.1. The largest absolute Gasteiger partial charge is 0.467 e. The minimum absolute atomic E-state index is 0.0637. The third-order valence-corrected chi connectivity index (χ3v) is 4.57. The lowest BCUT2D eigenvalue weighted by Gasteiger charge is -2.21. The summed E-state index contributed by atoms with van der Waals surface area (Å²) in [6.07, 6.45) is -0.660. The van der Waals surface area contributed by atoms with Crippen LogP contribution in [0.15, 0.2) is 54.6 Å². The van der Waals surface area contributed by atoms with Crippen molar-refractivity contribution in [1.82, 2.24) is 10.6 Å². The Bertz CT molecular complexity index is 1160. The summed E-state index contributed by atoms with van der Waals surface area (Å²) in [6, 6.07) is 15.8. The number of carbonyl (C=O) groups is 3. The van der Waals surface area contributed by atoms with Gasteiger partial charge in [0.15, 0.2) is 0 Å². The lowest BCUT2D eigenvalue weighted by molar-refractivity contribution is -0.143. The number of carbonyl (C=O) groups excluding carboxylic acids is 3. The minimum Gasteiger partial charge on any atom is -0.467 e. The van der Waals surface area contributed by atoms with Gasteiger partial charge >= 0.3 is 18.2 Å². The normalized spacial score (nSPS) is 10.9. The summed E-state index contributed by atoms with van der Waals surface area (Å²) >= 11 is 0. The highest BCUT2D eigenvalue weighted by Gasteiger charge is 2.24. The standard InChI is InChI=1S/C29H32N2O6/c1-29(2,3)37-28(34)31-25(26(32)35-4)15-10-14-23-18-16-22(17-19-23)11-8-9-20-30-27(33)36-21-24-12-6-5-7-13-24/h5-7,12-13,16-19,25H,9,15,20-21H2,1-4H3,(H,30,33)(H,31,34). The van der Waals surface area contributed by atoms with Gasteiger partial charge in [0.1, 0.15) is 18.2 Å². The second-order valence-corrected chi connectivity index (χ2v) is 8.85. The first-order valence-electron chi connectivity index (χ1n) is 11.8. The van der Waals surface area contributed by atoms with Crippen molar-refractivity contribution in [3.63, 3.8) is 0 Å². The predicted octanol–water partition coefficient (Wildman–Crippen LogP) is 4.16. The number of amides is 2. The number of alkyl carbamates (subject to hydrolysis) is 2. The topological polar surface area (TPSA) is 103 Å². The van der Waals surface area contributed by atoms with E-state index in [1.165, 1.54) is 7.11 Å². The van der Waals surface area contributed by atoms with Crippen molar-refractivity contribution < 1.29 is 28.6 Å². The summed E-state index contributed by atoms with van der Waals surface area (Å²) in [6.45, 7) is 5.79. The van der Waals surface area contributed by atoms with Gasteiger partial charge in [0.2, 0.25) is 0 Å². The van der Waals surface area contributed by atoms with E-state index in [0.717, 1.165) is 16.7 Å². The summed E-state index contributed by atoms with van der Waals surface area (Å²) in [4.78, 5) is 35.7. The molecule has 0 radical (unpaired) electrons. The Hall–Kier alpha value is -4.43. The smallest absolute Gasteiger partial charge is 0.408 e. The molecule has 0 spiro atoms. The molecule has 37 heavy (non-hydrogen) atoms. The van der Waals surface area contributed by atoms with Crippen molar-refractivity contribution in [3.05, 3.63) is 71.3 Å². The van der Waals surface area contributed by atoms with Crippen LogP contribution in [0, 0.1) is 23.7 Å². The van der Waals surface area contributed by atoms with Crippen LogP contribution in [-0.2, 0) is 25.6 Å². The third kappa shape index (κ3) is 12.2. The molecule has 2 aromatic carbocycles. The number of nitrogens with one attached hydrogen (secondary N) is 2. The molecule has 0 aliphatic rings. The highest BCUT2D eigenvalue weighted by molar-refractivity contribution is 5.81. The average Bonchev–Trinajstić information content (AvgIpc) is 2.86. The van der Waals surface area contributed by atoms with Crippen LogP contribution in [0.4, 0.5) is 9.59 Å². The molecule has 1 atom stereocenters. The minimum atomic E-state index is -0.943. The summed E-state index contributed by atoms with van der Waals surface area (Å²) in [5, 5.41) is 5.15. The van der Waals surface area contributed by atoms with E-state index in [0.29, 0.717) is 13.0 Å². The lowest BCUT2D eigenvalue weighted by atomic mass is 10.1. The fourth-order valence-electron chi connectivity index (χ4n) is 2.84. The Morgan fingerprint density at radius 3 is 2.11 bits per heavy atom. The first kappa shape index (κ1) is 28.8. The van der Waals surface area contributed by atoms with E-state index in [1.54, 1.807) is 20.8 Å². The molecule has 0 bridgehead atoms. The second kappa shape index (κ2) is 14.9. The molecule has 0 saturated carbocycles. The summed E-state index contributed by atoms with van der Waals surface area (Å²) in [5.41, 5.74) is 1.77. The SMILES string of the molecule is COC(=O)C(CC#Cc1ccc(C#CCCNC(=O)OCc2ccccc2)cc1)NC(=O)OC(C)(C)C. The number of ether oxygens (including phenoxy) is 3.